The van der Waals surface area contributed by atoms with E-state index in [2.05, 4.69) is 14.7 Å². The summed E-state index contributed by atoms with van der Waals surface area (Å²) < 4.78 is 9.82. The summed E-state index contributed by atoms with van der Waals surface area (Å²) in [4.78, 5) is 16.6. The van der Waals surface area contributed by atoms with Gasteiger partial charge in [-0.15, -0.1) is 0 Å². The fourth-order valence-electron chi connectivity index (χ4n) is 2.05. The van der Waals surface area contributed by atoms with E-state index in [4.69, 9.17) is 10.00 Å². The maximum absolute atomic E-state index is 12.2. The molecule has 0 saturated heterocycles. The molecule has 3 aromatic rings. The second-order valence-corrected chi connectivity index (χ2v) is 5.93. The minimum Gasteiger partial charge on any atom is -0.481 e. The molecule has 1 N–H and O–H groups in total. The van der Waals surface area contributed by atoms with Crippen LogP contribution in [0.2, 0.25) is 0 Å². The zero-order chi connectivity index (χ0) is 17.6. The Labute approximate surface area is 148 Å². The van der Waals surface area contributed by atoms with Crippen molar-refractivity contribution in [3.8, 4) is 23.2 Å². The number of benzene rings is 2. The lowest BCUT2D eigenvalue weighted by Crippen LogP contribution is -2.30. The second-order valence-electron chi connectivity index (χ2n) is 5.17. The molecule has 7 heteroatoms. The number of aromatic nitrogens is 2. The van der Waals surface area contributed by atoms with E-state index in [0.717, 1.165) is 17.1 Å². The number of hydrogen-bond acceptors (Lipinski definition) is 6. The average molecular weight is 350 g/mol. The topological polar surface area (TPSA) is 87.9 Å². The van der Waals surface area contributed by atoms with E-state index < -0.39 is 6.10 Å². The van der Waals surface area contributed by atoms with Gasteiger partial charge in [0.2, 0.25) is 5.13 Å². The molecule has 0 fully saturated rings. The predicted molar refractivity (Wildman–Crippen MR) is 95.2 cm³/mol. The molecule has 0 aliphatic heterocycles. The van der Waals surface area contributed by atoms with Crippen LogP contribution in [0.5, 0.6) is 5.75 Å². The Kier molecular flexibility index (Phi) is 5.02. The van der Waals surface area contributed by atoms with Crippen LogP contribution < -0.4 is 10.1 Å². The SMILES string of the molecule is C[C@@H](Oc1ccc(C#N)cc1)C(=O)Nc1nc(-c2ccccc2)ns1. The second kappa shape index (κ2) is 7.55. The number of carbonyl (C=O) groups excluding carboxylic acids is 1. The lowest BCUT2D eigenvalue weighted by molar-refractivity contribution is -0.122. The largest absolute Gasteiger partial charge is 0.481 e. The zero-order valence-electron chi connectivity index (χ0n) is 13.3. The van der Waals surface area contributed by atoms with Gasteiger partial charge in [0.25, 0.3) is 5.91 Å². The van der Waals surface area contributed by atoms with Crippen LogP contribution in [-0.4, -0.2) is 21.4 Å². The van der Waals surface area contributed by atoms with Gasteiger partial charge in [-0.25, -0.2) is 0 Å². The van der Waals surface area contributed by atoms with Gasteiger partial charge in [0.15, 0.2) is 11.9 Å². The minimum absolute atomic E-state index is 0.319. The Morgan fingerprint density at radius 2 is 1.92 bits per heavy atom. The third-order valence-electron chi connectivity index (χ3n) is 3.35. The van der Waals surface area contributed by atoms with Crippen molar-refractivity contribution in [1.82, 2.24) is 9.36 Å². The van der Waals surface area contributed by atoms with E-state index in [1.807, 2.05) is 36.4 Å². The molecule has 6 nitrogen and oxygen atoms in total. The van der Waals surface area contributed by atoms with Crippen LogP contribution in [0.3, 0.4) is 0 Å². The Hall–Kier alpha value is -3.24. The number of amides is 1. The van der Waals surface area contributed by atoms with E-state index in [1.54, 1.807) is 31.2 Å². The molecule has 0 spiro atoms. The van der Waals surface area contributed by atoms with Crippen LogP contribution >= 0.6 is 11.5 Å². The normalized spacial score (nSPS) is 11.4. The standard InChI is InChI=1S/C18H14N4O2S/c1-12(24-15-9-7-13(11-19)8-10-15)17(23)21-18-20-16(22-25-18)14-5-3-2-4-6-14/h2-10,12H,1H3,(H,20,21,22,23)/t12-/m1/s1. The van der Waals surface area contributed by atoms with Gasteiger partial charge in [-0.05, 0) is 31.2 Å². The van der Waals surface area contributed by atoms with E-state index >= 15 is 0 Å². The highest BCUT2D eigenvalue weighted by Crippen LogP contribution is 2.21. The first-order valence-electron chi connectivity index (χ1n) is 7.52. The first-order chi connectivity index (χ1) is 12.2. The van der Waals surface area contributed by atoms with Gasteiger partial charge in [0.1, 0.15) is 5.75 Å². The van der Waals surface area contributed by atoms with Crippen molar-refractivity contribution in [3.05, 3.63) is 60.2 Å². The quantitative estimate of drug-likeness (QED) is 0.761. The molecule has 0 unspecified atom stereocenters. The van der Waals surface area contributed by atoms with Gasteiger partial charge in [-0.1, -0.05) is 30.3 Å². The summed E-state index contributed by atoms with van der Waals surface area (Å²) in [5, 5.41) is 11.9. The molecule has 0 bridgehead atoms. The van der Waals surface area contributed by atoms with Crippen molar-refractivity contribution in [1.29, 1.82) is 5.26 Å². The molecule has 1 heterocycles. The number of nitrogens with one attached hydrogen (secondary N) is 1. The highest BCUT2D eigenvalue weighted by molar-refractivity contribution is 7.10. The summed E-state index contributed by atoms with van der Waals surface area (Å²) in [7, 11) is 0. The van der Waals surface area contributed by atoms with Crippen LogP contribution in [0.15, 0.2) is 54.6 Å². The summed E-state index contributed by atoms with van der Waals surface area (Å²) in [6, 6.07) is 18.1. The minimum atomic E-state index is -0.711. The van der Waals surface area contributed by atoms with E-state index in [1.165, 1.54) is 0 Å². The number of anilines is 1. The average Bonchev–Trinajstić information content (AvgIpc) is 3.11. The lowest BCUT2D eigenvalue weighted by Gasteiger charge is -2.13. The highest BCUT2D eigenvalue weighted by atomic mass is 32.1. The summed E-state index contributed by atoms with van der Waals surface area (Å²) >= 11 is 1.12. The van der Waals surface area contributed by atoms with Crippen molar-refractivity contribution in [2.75, 3.05) is 5.32 Å². The molecular weight excluding hydrogens is 336 g/mol. The number of ether oxygens (including phenoxy) is 1. The van der Waals surface area contributed by atoms with Crippen LogP contribution in [0, 0.1) is 11.3 Å². The number of nitrogens with zero attached hydrogens (tertiary/aromatic N) is 3. The summed E-state index contributed by atoms with van der Waals surface area (Å²) in [5.74, 6) is 0.769. The van der Waals surface area contributed by atoms with Gasteiger partial charge in [0, 0.05) is 17.1 Å². The third-order valence-corrected chi connectivity index (χ3v) is 3.98. The first kappa shape index (κ1) is 16.6. The van der Waals surface area contributed by atoms with E-state index in [9.17, 15) is 4.79 Å². The summed E-state index contributed by atoms with van der Waals surface area (Å²) in [6.07, 6.45) is -0.711. The summed E-state index contributed by atoms with van der Waals surface area (Å²) in [5.41, 5.74) is 1.42. The van der Waals surface area contributed by atoms with Crippen molar-refractivity contribution in [2.24, 2.45) is 0 Å². The lowest BCUT2D eigenvalue weighted by atomic mass is 10.2. The third kappa shape index (κ3) is 4.19. The van der Waals surface area contributed by atoms with Gasteiger partial charge in [-0.3, -0.25) is 10.1 Å². The predicted octanol–water partition coefficient (Wildman–Crippen LogP) is 3.48. The van der Waals surface area contributed by atoms with Crippen LogP contribution in [0.1, 0.15) is 12.5 Å². The molecule has 0 radical (unpaired) electrons. The van der Waals surface area contributed by atoms with Gasteiger partial charge in [-0.2, -0.15) is 14.6 Å². The van der Waals surface area contributed by atoms with Gasteiger partial charge < -0.3 is 4.74 Å². The molecule has 124 valence electrons. The maximum Gasteiger partial charge on any atom is 0.266 e. The van der Waals surface area contributed by atoms with Crippen LogP contribution in [0.4, 0.5) is 5.13 Å². The molecule has 2 aromatic carbocycles. The fraction of sp³-hybridized carbons (Fsp3) is 0.111. The molecule has 1 amide bonds. The molecule has 1 atom stereocenters. The number of nitriles is 1. The Balaban J connectivity index is 1.61. The van der Waals surface area contributed by atoms with Crippen LogP contribution in [0.25, 0.3) is 11.4 Å². The molecule has 25 heavy (non-hydrogen) atoms. The Morgan fingerprint density at radius 1 is 1.20 bits per heavy atom. The first-order valence-corrected chi connectivity index (χ1v) is 8.30. The van der Waals surface area contributed by atoms with E-state index in [-0.39, 0.29) is 5.91 Å². The molecule has 3 rings (SSSR count). The number of carbonyl (C=O) groups is 1. The smallest absolute Gasteiger partial charge is 0.266 e. The Morgan fingerprint density at radius 3 is 2.60 bits per heavy atom. The van der Waals surface area contributed by atoms with Gasteiger partial charge in [0.05, 0.1) is 11.6 Å². The highest BCUT2D eigenvalue weighted by Gasteiger charge is 2.17. The van der Waals surface area contributed by atoms with Crippen molar-refractivity contribution < 1.29 is 9.53 Å². The molecule has 0 saturated carbocycles. The molecule has 0 aliphatic carbocycles. The summed E-state index contributed by atoms with van der Waals surface area (Å²) in [6.45, 7) is 1.65. The monoisotopic (exact) mass is 350 g/mol. The molecular formula is C18H14N4O2S. The number of rotatable bonds is 5. The van der Waals surface area contributed by atoms with Crippen molar-refractivity contribution in [2.45, 2.75) is 13.0 Å². The van der Waals surface area contributed by atoms with Gasteiger partial charge >= 0.3 is 0 Å². The van der Waals surface area contributed by atoms with E-state index in [0.29, 0.717) is 22.3 Å². The molecule has 1 aromatic heterocycles. The maximum atomic E-state index is 12.2. The van der Waals surface area contributed by atoms with Crippen molar-refractivity contribution >= 4 is 22.6 Å². The molecule has 0 aliphatic rings. The Bertz CT molecular complexity index is 901. The van der Waals surface area contributed by atoms with Crippen LogP contribution in [-0.2, 0) is 4.79 Å². The fourth-order valence-corrected chi connectivity index (χ4v) is 2.64. The number of hydrogen-bond donors (Lipinski definition) is 1. The zero-order valence-corrected chi connectivity index (χ0v) is 14.2. The van der Waals surface area contributed by atoms with Crippen molar-refractivity contribution in [3.63, 3.8) is 0 Å².